The molecule has 0 aliphatic heterocycles. The maximum Gasteiger partial charge on any atom is 0.416 e. The number of nitro benzene ring substituents is 1. The third-order valence-electron chi connectivity index (χ3n) is 2.56. The Bertz CT molecular complexity index is 571. The molecule has 0 aliphatic carbocycles. The molecule has 0 saturated heterocycles. The summed E-state index contributed by atoms with van der Waals surface area (Å²) in [6.45, 7) is 1.95. The van der Waals surface area contributed by atoms with Gasteiger partial charge in [0.05, 0.1) is 16.1 Å². The molecule has 0 atom stereocenters. The van der Waals surface area contributed by atoms with Crippen LogP contribution in [0.2, 0.25) is 0 Å². The van der Waals surface area contributed by atoms with Crippen molar-refractivity contribution in [2.45, 2.75) is 32.4 Å². The smallest absolute Gasteiger partial charge is 0.392 e. The van der Waals surface area contributed by atoms with Crippen molar-refractivity contribution in [3.63, 3.8) is 0 Å². The first-order chi connectivity index (χ1) is 9.27. The van der Waals surface area contributed by atoms with Gasteiger partial charge in [-0.05, 0) is 12.5 Å². The van der Waals surface area contributed by atoms with Crippen molar-refractivity contribution in [2.24, 2.45) is 0 Å². The van der Waals surface area contributed by atoms with Crippen LogP contribution in [0.15, 0.2) is 12.1 Å². The fourth-order valence-corrected chi connectivity index (χ4v) is 1.48. The highest BCUT2D eigenvalue weighted by Crippen LogP contribution is 2.35. The number of unbranched alkanes of at least 4 members (excludes halogenated alkanes) is 2. The van der Waals surface area contributed by atoms with E-state index in [0.29, 0.717) is 12.5 Å². The molecule has 0 aliphatic rings. The van der Waals surface area contributed by atoms with Crippen molar-refractivity contribution in [3.8, 4) is 11.8 Å². The Hall–Kier alpha value is -2.23. The molecular weight excluding hydrogens is 273 g/mol. The zero-order valence-electron chi connectivity index (χ0n) is 10.8. The first-order valence-electron chi connectivity index (χ1n) is 5.91. The maximum absolute atomic E-state index is 12.7. The summed E-state index contributed by atoms with van der Waals surface area (Å²) in [5.74, 6) is 5.14. The number of halogens is 3. The molecule has 0 spiro atoms. The maximum atomic E-state index is 12.7. The van der Waals surface area contributed by atoms with Crippen LogP contribution in [-0.4, -0.2) is 4.92 Å². The SMILES string of the molecule is CCCCC#Cc1cc(C(F)(F)F)cc([N+](=O)[O-])c1N. The second kappa shape index (κ2) is 6.28. The number of rotatable bonds is 3. The van der Waals surface area contributed by atoms with Crippen LogP contribution in [0, 0.1) is 22.0 Å². The lowest BCUT2D eigenvalue weighted by Crippen LogP contribution is -2.08. The summed E-state index contributed by atoms with van der Waals surface area (Å²) in [5, 5.41) is 10.7. The van der Waals surface area contributed by atoms with Crippen molar-refractivity contribution in [1.82, 2.24) is 0 Å². The van der Waals surface area contributed by atoms with Crippen molar-refractivity contribution in [3.05, 3.63) is 33.4 Å². The lowest BCUT2D eigenvalue weighted by atomic mass is 10.1. The van der Waals surface area contributed by atoms with Crippen molar-refractivity contribution in [2.75, 3.05) is 5.73 Å². The molecule has 0 heterocycles. The standard InChI is InChI=1S/C13H13F3N2O2/c1-2-3-4-5-6-9-7-10(13(14,15)16)8-11(12(9)17)18(19)20/h7-8H,2-4,17H2,1H3. The van der Waals surface area contributed by atoms with E-state index in [9.17, 15) is 23.3 Å². The predicted molar refractivity (Wildman–Crippen MR) is 68.9 cm³/mol. The number of hydrogen-bond donors (Lipinski definition) is 1. The number of benzene rings is 1. The lowest BCUT2D eigenvalue weighted by Gasteiger charge is -2.08. The number of alkyl halides is 3. The first kappa shape index (κ1) is 15.8. The van der Waals surface area contributed by atoms with Gasteiger partial charge in [-0.2, -0.15) is 13.2 Å². The summed E-state index contributed by atoms with van der Waals surface area (Å²) >= 11 is 0. The largest absolute Gasteiger partial charge is 0.416 e. The van der Waals surface area contributed by atoms with Crippen LogP contribution in [0.5, 0.6) is 0 Å². The van der Waals surface area contributed by atoms with E-state index in [1.165, 1.54) is 0 Å². The summed E-state index contributed by atoms with van der Waals surface area (Å²) in [7, 11) is 0. The van der Waals surface area contributed by atoms with Gasteiger partial charge in [-0.1, -0.05) is 25.2 Å². The molecule has 0 radical (unpaired) electrons. The minimum atomic E-state index is -4.68. The molecule has 2 N–H and O–H groups in total. The molecule has 20 heavy (non-hydrogen) atoms. The Morgan fingerprint density at radius 2 is 2.05 bits per heavy atom. The van der Waals surface area contributed by atoms with Crippen LogP contribution in [0.25, 0.3) is 0 Å². The zero-order chi connectivity index (χ0) is 15.3. The molecular formula is C13H13F3N2O2. The van der Waals surface area contributed by atoms with Gasteiger partial charge in [0.15, 0.2) is 0 Å². The quantitative estimate of drug-likeness (QED) is 0.302. The van der Waals surface area contributed by atoms with E-state index < -0.39 is 22.4 Å². The molecule has 1 aromatic rings. The minimum absolute atomic E-state index is 0.164. The Morgan fingerprint density at radius 1 is 1.40 bits per heavy atom. The highest BCUT2D eigenvalue weighted by Gasteiger charge is 2.34. The average molecular weight is 286 g/mol. The topological polar surface area (TPSA) is 69.2 Å². The van der Waals surface area contributed by atoms with Gasteiger partial charge in [-0.25, -0.2) is 0 Å². The molecule has 0 amide bonds. The van der Waals surface area contributed by atoms with Gasteiger partial charge < -0.3 is 5.73 Å². The predicted octanol–water partition coefficient (Wildman–Crippen LogP) is 3.74. The van der Waals surface area contributed by atoms with Gasteiger partial charge >= 0.3 is 6.18 Å². The normalized spacial score (nSPS) is 10.8. The Kier molecular flexibility index (Phi) is 4.97. The summed E-state index contributed by atoms with van der Waals surface area (Å²) in [5.41, 5.74) is 3.09. The average Bonchev–Trinajstić information content (AvgIpc) is 2.34. The highest BCUT2D eigenvalue weighted by atomic mass is 19.4. The molecule has 1 rings (SSSR count). The van der Waals surface area contributed by atoms with E-state index in [-0.39, 0.29) is 11.3 Å². The van der Waals surface area contributed by atoms with Gasteiger partial charge in [0.2, 0.25) is 0 Å². The summed E-state index contributed by atoms with van der Waals surface area (Å²) in [4.78, 5) is 9.80. The van der Waals surface area contributed by atoms with Crippen molar-refractivity contribution < 1.29 is 18.1 Å². The second-order valence-corrected chi connectivity index (χ2v) is 4.12. The van der Waals surface area contributed by atoms with Gasteiger partial charge in [0, 0.05) is 12.5 Å². The number of anilines is 1. The van der Waals surface area contributed by atoms with E-state index in [1.54, 1.807) is 0 Å². The van der Waals surface area contributed by atoms with Gasteiger partial charge in [0.25, 0.3) is 5.69 Å². The molecule has 7 heteroatoms. The van der Waals surface area contributed by atoms with E-state index in [0.717, 1.165) is 18.9 Å². The van der Waals surface area contributed by atoms with E-state index in [2.05, 4.69) is 11.8 Å². The van der Waals surface area contributed by atoms with Crippen LogP contribution >= 0.6 is 0 Å². The van der Waals surface area contributed by atoms with Gasteiger partial charge in [-0.15, -0.1) is 0 Å². The number of nitrogens with two attached hydrogens (primary N) is 1. The van der Waals surface area contributed by atoms with E-state index in [4.69, 9.17) is 5.73 Å². The summed E-state index contributed by atoms with van der Waals surface area (Å²) < 4.78 is 38.0. The third kappa shape index (κ3) is 3.88. The molecule has 0 fully saturated rings. The number of nitrogen functional groups attached to an aromatic ring is 1. The summed E-state index contributed by atoms with van der Waals surface area (Å²) in [6, 6.07) is 1.16. The zero-order valence-corrected chi connectivity index (χ0v) is 10.8. The Balaban J connectivity index is 3.30. The van der Waals surface area contributed by atoms with Gasteiger partial charge in [-0.3, -0.25) is 10.1 Å². The molecule has 4 nitrogen and oxygen atoms in total. The van der Waals surface area contributed by atoms with E-state index in [1.807, 2.05) is 6.92 Å². The number of nitro groups is 1. The van der Waals surface area contributed by atoms with Crippen molar-refractivity contribution in [1.29, 1.82) is 0 Å². The van der Waals surface area contributed by atoms with Gasteiger partial charge in [0.1, 0.15) is 5.69 Å². The highest BCUT2D eigenvalue weighted by molar-refractivity contribution is 5.69. The van der Waals surface area contributed by atoms with E-state index >= 15 is 0 Å². The van der Waals surface area contributed by atoms with Crippen molar-refractivity contribution >= 4 is 11.4 Å². The molecule has 0 unspecified atom stereocenters. The van der Waals surface area contributed by atoms with Crippen LogP contribution in [0.1, 0.15) is 37.3 Å². The first-order valence-corrected chi connectivity index (χ1v) is 5.91. The summed E-state index contributed by atoms with van der Waals surface area (Å²) in [6.07, 6.45) is -2.49. The fourth-order valence-electron chi connectivity index (χ4n) is 1.48. The molecule has 0 aromatic heterocycles. The fraction of sp³-hybridized carbons (Fsp3) is 0.385. The van der Waals surface area contributed by atoms with Crippen LogP contribution < -0.4 is 5.73 Å². The number of hydrogen-bond acceptors (Lipinski definition) is 3. The number of nitrogens with zero attached hydrogens (tertiary/aromatic N) is 1. The van der Waals surface area contributed by atoms with Crippen LogP contribution in [0.4, 0.5) is 24.5 Å². The minimum Gasteiger partial charge on any atom is -0.392 e. The molecule has 0 saturated carbocycles. The Morgan fingerprint density at radius 3 is 2.55 bits per heavy atom. The molecule has 0 bridgehead atoms. The lowest BCUT2D eigenvalue weighted by molar-refractivity contribution is -0.384. The van der Waals surface area contributed by atoms with Crippen LogP contribution in [0.3, 0.4) is 0 Å². The second-order valence-electron chi connectivity index (χ2n) is 4.12. The van der Waals surface area contributed by atoms with Crippen LogP contribution in [-0.2, 0) is 6.18 Å². The third-order valence-corrected chi connectivity index (χ3v) is 2.56. The molecule has 108 valence electrons. The Labute approximate surface area is 113 Å². The molecule has 1 aromatic carbocycles. The monoisotopic (exact) mass is 286 g/mol.